The van der Waals surface area contributed by atoms with E-state index in [4.69, 9.17) is 17.4 Å². The number of primary sulfonamides is 1. The van der Waals surface area contributed by atoms with Gasteiger partial charge in [0.25, 0.3) is 0 Å². The van der Waals surface area contributed by atoms with Crippen molar-refractivity contribution in [2.75, 3.05) is 4.90 Å². The summed E-state index contributed by atoms with van der Waals surface area (Å²) in [7, 11) is -3.70. The normalized spacial score (nSPS) is 16.4. The van der Waals surface area contributed by atoms with Crippen molar-refractivity contribution in [1.29, 1.82) is 0 Å². The first-order valence-corrected chi connectivity index (χ1v) is 13.2. The van der Waals surface area contributed by atoms with E-state index in [2.05, 4.69) is 17.5 Å². The Labute approximate surface area is 187 Å². The molecule has 3 N–H and O–H groups in total. The van der Waals surface area contributed by atoms with Crippen molar-refractivity contribution in [2.24, 2.45) is 10.2 Å². The van der Waals surface area contributed by atoms with E-state index in [-0.39, 0.29) is 11.1 Å². The van der Waals surface area contributed by atoms with Crippen LogP contribution in [0.1, 0.15) is 84.0 Å². The van der Waals surface area contributed by atoms with Crippen LogP contribution in [0.3, 0.4) is 0 Å². The summed E-state index contributed by atoms with van der Waals surface area (Å²) in [5, 5.41) is 11.3. The monoisotopic (exact) mass is 452 g/mol. The van der Waals surface area contributed by atoms with Gasteiger partial charge < -0.3 is 4.90 Å². The Balaban J connectivity index is 1.74. The third-order valence-electron chi connectivity index (χ3n) is 5.46. The minimum Gasteiger partial charge on any atom is -0.302 e. The fraction of sp³-hybridized carbons (Fsp3) is 0.636. The number of hydrogen-bond acceptors (Lipinski definition) is 6. The molecule has 1 heterocycles. The second kappa shape index (κ2) is 13.0. The first-order valence-electron chi connectivity index (χ1n) is 11.2. The highest BCUT2D eigenvalue weighted by Gasteiger charge is 2.27. The number of unbranched alkanes of at least 4 members (excludes halogenated alkanes) is 10. The van der Waals surface area contributed by atoms with Crippen LogP contribution >= 0.6 is 12.2 Å². The first kappa shape index (κ1) is 24.8. The van der Waals surface area contributed by atoms with Crippen LogP contribution in [0.15, 0.2) is 34.3 Å². The summed E-state index contributed by atoms with van der Waals surface area (Å²) in [4.78, 5) is 2.12. The first-order chi connectivity index (χ1) is 14.5. The molecule has 1 aromatic carbocycles. The molecule has 1 aromatic rings. The van der Waals surface area contributed by atoms with Crippen molar-refractivity contribution >= 4 is 39.1 Å². The van der Waals surface area contributed by atoms with Gasteiger partial charge in [0.15, 0.2) is 0 Å². The van der Waals surface area contributed by atoms with E-state index in [1.807, 2.05) is 4.90 Å². The Morgan fingerprint density at radius 2 is 1.53 bits per heavy atom. The lowest BCUT2D eigenvalue weighted by atomic mass is 10.0. The number of anilines is 1. The van der Waals surface area contributed by atoms with Gasteiger partial charge in [0.2, 0.25) is 10.0 Å². The summed E-state index contributed by atoms with van der Waals surface area (Å²) in [6, 6.07) is 6.52. The van der Waals surface area contributed by atoms with Gasteiger partial charge in [-0.2, -0.15) is 5.10 Å². The topological polar surface area (TPSA) is 87.8 Å². The van der Waals surface area contributed by atoms with Gasteiger partial charge in [0.05, 0.1) is 4.90 Å². The number of sulfonamides is 1. The lowest BCUT2D eigenvalue weighted by Crippen LogP contribution is -2.41. The van der Waals surface area contributed by atoms with Crippen molar-refractivity contribution in [1.82, 2.24) is 5.43 Å². The fourth-order valence-electron chi connectivity index (χ4n) is 3.73. The van der Waals surface area contributed by atoms with Crippen molar-refractivity contribution in [3.63, 3.8) is 0 Å². The van der Waals surface area contributed by atoms with E-state index < -0.39 is 10.0 Å². The second-order valence-corrected chi connectivity index (χ2v) is 9.77. The van der Waals surface area contributed by atoms with Crippen LogP contribution < -0.4 is 15.5 Å². The molecular formula is C22H36N4O2S2. The molecule has 1 unspecified atom stereocenters. The Morgan fingerprint density at radius 1 is 1.00 bits per heavy atom. The van der Waals surface area contributed by atoms with Gasteiger partial charge in [0.1, 0.15) is 12.0 Å². The average molecular weight is 453 g/mol. The highest BCUT2D eigenvalue weighted by atomic mass is 32.2. The molecule has 0 aromatic heterocycles. The molecule has 6 nitrogen and oxygen atoms in total. The van der Waals surface area contributed by atoms with Crippen LogP contribution in [0.4, 0.5) is 5.69 Å². The minimum atomic E-state index is -3.70. The predicted molar refractivity (Wildman–Crippen MR) is 129 cm³/mol. The highest BCUT2D eigenvalue weighted by Crippen LogP contribution is 2.24. The van der Waals surface area contributed by atoms with Crippen LogP contribution in [0, 0.1) is 0 Å². The van der Waals surface area contributed by atoms with Gasteiger partial charge in [-0.25, -0.2) is 13.6 Å². The van der Waals surface area contributed by atoms with Gasteiger partial charge in [0, 0.05) is 17.5 Å². The summed E-state index contributed by atoms with van der Waals surface area (Å²) in [5.41, 5.74) is 3.90. The molecule has 0 bridgehead atoms. The van der Waals surface area contributed by atoms with E-state index in [1.165, 1.54) is 76.3 Å². The third-order valence-corrected chi connectivity index (χ3v) is 6.65. The van der Waals surface area contributed by atoms with Crippen LogP contribution in [0.25, 0.3) is 0 Å². The van der Waals surface area contributed by atoms with Gasteiger partial charge in [-0.1, -0.05) is 83.3 Å². The molecular weight excluding hydrogens is 416 g/mol. The van der Waals surface area contributed by atoms with Crippen LogP contribution in [-0.2, 0) is 10.0 Å². The number of thiocarbonyl (C=S) groups is 1. The number of nitrogens with one attached hydrogen (secondary N) is 1. The number of hydrogen-bond donors (Lipinski definition) is 2. The predicted octanol–water partition coefficient (Wildman–Crippen LogP) is 5.08. The quantitative estimate of drug-likeness (QED) is 0.286. The summed E-state index contributed by atoms with van der Waals surface area (Å²) in [6.45, 7) is 2.26. The highest BCUT2D eigenvalue weighted by molar-refractivity contribution is 7.89. The van der Waals surface area contributed by atoms with Crippen molar-refractivity contribution < 1.29 is 8.42 Å². The zero-order valence-corrected chi connectivity index (χ0v) is 19.7. The van der Waals surface area contributed by atoms with Gasteiger partial charge in [-0.05, 0) is 30.7 Å². The lowest BCUT2D eigenvalue weighted by molar-refractivity contribution is 0.551. The third kappa shape index (κ3) is 7.96. The molecule has 0 amide bonds. The van der Waals surface area contributed by atoms with Crippen LogP contribution in [0.2, 0.25) is 0 Å². The largest absolute Gasteiger partial charge is 0.302 e. The molecule has 1 aliphatic rings. The number of benzene rings is 1. The van der Waals surface area contributed by atoms with Crippen molar-refractivity contribution in [3.8, 4) is 0 Å². The van der Waals surface area contributed by atoms with E-state index in [0.29, 0.717) is 0 Å². The molecule has 0 saturated heterocycles. The molecule has 1 aliphatic heterocycles. The lowest BCUT2D eigenvalue weighted by Gasteiger charge is -2.24. The van der Waals surface area contributed by atoms with Gasteiger partial charge >= 0.3 is 0 Å². The Hall–Kier alpha value is -1.51. The molecule has 168 valence electrons. The maximum atomic E-state index is 11.5. The maximum absolute atomic E-state index is 11.5. The standard InChI is InChI=1S/C22H36N4O2S2/c1-2-3-4-5-6-7-8-9-10-11-12-13-21-24-25-22(18-29)26(21)19-14-16-20(17-15-19)30(23,27)28/h14-18,22,25H,2-13H2,1H3,(H2,23,27,28). The summed E-state index contributed by atoms with van der Waals surface area (Å²) >= 11 is 5.14. The summed E-state index contributed by atoms with van der Waals surface area (Å²) in [6.07, 6.45) is 15.0. The average Bonchev–Trinajstić information content (AvgIpc) is 3.14. The van der Waals surface area contributed by atoms with E-state index in [1.54, 1.807) is 17.5 Å². The van der Waals surface area contributed by atoms with Crippen molar-refractivity contribution in [2.45, 2.75) is 95.0 Å². The van der Waals surface area contributed by atoms with E-state index in [0.717, 1.165) is 24.4 Å². The molecule has 0 aliphatic carbocycles. The molecule has 30 heavy (non-hydrogen) atoms. The van der Waals surface area contributed by atoms with Crippen LogP contribution in [0.5, 0.6) is 0 Å². The molecule has 2 rings (SSSR count). The number of rotatable bonds is 15. The summed E-state index contributed by atoms with van der Waals surface area (Å²) in [5.74, 6) is 0.931. The smallest absolute Gasteiger partial charge is 0.238 e. The summed E-state index contributed by atoms with van der Waals surface area (Å²) < 4.78 is 23.0. The zero-order valence-electron chi connectivity index (χ0n) is 18.1. The second-order valence-electron chi connectivity index (χ2n) is 7.93. The molecule has 0 radical (unpaired) electrons. The van der Waals surface area contributed by atoms with Crippen LogP contribution in [-0.4, -0.2) is 25.8 Å². The fourth-order valence-corrected chi connectivity index (χ4v) is 4.43. The molecule has 0 spiro atoms. The number of hydrazone groups is 1. The SMILES string of the molecule is CCCCCCCCCCCCCC1=NNC(C=S)N1c1ccc(S(N)(=O)=O)cc1. The maximum Gasteiger partial charge on any atom is 0.238 e. The number of nitrogens with two attached hydrogens (primary N) is 1. The van der Waals surface area contributed by atoms with Gasteiger partial charge in [-0.15, -0.1) is 0 Å². The minimum absolute atomic E-state index is 0.0983. The molecule has 1 atom stereocenters. The van der Waals surface area contributed by atoms with Crippen molar-refractivity contribution in [3.05, 3.63) is 24.3 Å². The zero-order chi connectivity index (χ0) is 21.8. The Bertz CT molecular complexity index is 779. The molecule has 0 fully saturated rings. The number of nitrogens with zero attached hydrogens (tertiary/aromatic N) is 2. The Morgan fingerprint density at radius 3 is 2.03 bits per heavy atom. The van der Waals surface area contributed by atoms with Gasteiger partial charge in [-0.3, -0.25) is 5.43 Å². The van der Waals surface area contributed by atoms with E-state index >= 15 is 0 Å². The molecule has 0 saturated carbocycles. The van der Waals surface area contributed by atoms with E-state index in [9.17, 15) is 8.42 Å². The number of amidine groups is 1. The molecule has 8 heteroatoms. The Kier molecular flexibility index (Phi) is 10.7.